The molecule has 0 unspecified atom stereocenters. The maximum absolute atomic E-state index is 5.59. The van der Waals surface area contributed by atoms with Crippen LogP contribution < -0.4 is 0 Å². The zero-order valence-corrected chi connectivity index (χ0v) is 9.77. The van der Waals surface area contributed by atoms with Gasteiger partial charge in [0.15, 0.2) is 0 Å². The molecule has 2 aromatic rings. The normalized spacial score (nSPS) is 11.6. The van der Waals surface area contributed by atoms with Crippen LogP contribution in [0.25, 0.3) is 17.0 Å². The van der Waals surface area contributed by atoms with Crippen molar-refractivity contribution in [2.24, 2.45) is 0 Å². The first kappa shape index (κ1) is 9.81. The Hall–Kier alpha value is -0.730. The molecule has 2 rings (SSSR count). The summed E-state index contributed by atoms with van der Waals surface area (Å²) in [5.74, 6) is 0.545. The Kier molecular flexibility index (Phi) is 2.94. The van der Waals surface area contributed by atoms with E-state index in [1.54, 1.807) is 0 Å². The van der Waals surface area contributed by atoms with Gasteiger partial charge in [-0.1, -0.05) is 34.1 Å². The van der Waals surface area contributed by atoms with Crippen LogP contribution in [0, 0.1) is 0 Å². The number of hydrogen-bond donors (Lipinski definition) is 1. The lowest BCUT2D eigenvalue weighted by atomic mass is 10.2. The summed E-state index contributed by atoms with van der Waals surface area (Å²) in [5.41, 5.74) is 2.31. The zero-order valence-electron chi connectivity index (χ0n) is 7.43. The van der Waals surface area contributed by atoms with Crippen LogP contribution in [0.3, 0.4) is 0 Å². The lowest BCUT2D eigenvalue weighted by Gasteiger charge is -1.92. The van der Waals surface area contributed by atoms with Gasteiger partial charge in [0.2, 0.25) is 0 Å². The first-order valence-corrected chi connectivity index (χ1v) is 5.63. The lowest BCUT2D eigenvalue weighted by molar-refractivity contribution is 1.47. The fourth-order valence-electron chi connectivity index (χ4n) is 1.43. The zero-order chi connectivity index (χ0) is 9.97. The molecule has 0 atom stereocenters. The largest absolute Gasteiger partial charge is 0.361 e. The number of H-pyrrole nitrogens is 1. The van der Waals surface area contributed by atoms with Crippen molar-refractivity contribution in [1.29, 1.82) is 0 Å². The molecule has 1 nitrogen and oxygen atoms in total. The molecule has 14 heavy (non-hydrogen) atoms. The summed E-state index contributed by atoms with van der Waals surface area (Å²) in [6.07, 6.45) is 5.95. The second-order valence-corrected chi connectivity index (χ2v) is 4.21. The summed E-state index contributed by atoms with van der Waals surface area (Å²) in [7, 11) is 0. The summed E-state index contributed by atoms with van der Waals surface area (Å²) in [5, 5.41) is 1.22. The molecule has 0 aliphatic heterocycles. The van der Waals surface area contributed by atoms with Gasteiger partial charge in [-0.25, -0.2) is 0 Å². The summed E-state index contributed by atoms with van der Waals surface area (Å²) in [4.78, 5) is 3.21. The molecule has 1 N–H and O–H groups in total. The smallest absolute Gasteiger partial charge is 0.0471 e. The highest BCUT2D eigenvalue weighted by molar-refractivity contribution is 9.10. The van der Waals surface area contributed by atoms with Crippen molar-refractivity contribution in [2.45, 2.75) is 0 Å². The number of fused-ring (bicyclic) bond motifs is 1. The Labute approximate surface area is 95.9 Å². The average molecular weight is 271 g/mol. The van der Waals surface area contributed by atoms with E-state index < -0.39 is 0 Å². The Morgan fingerprint density at radius 3 is 3.07 bits per heavy atom. The third-order valence-electron chi connectivity index (χ3n) is 2.06. The molecule has 1 aromatic heterocycles. The van der Waals surface area contributed by atoms with E-state index >= 15 is 0 Å². The number of benzene rings is 1. The predicted octanol–water partition coefficient (Wildman–Crippen LogP) is 4.18. The SMILES string of the molecule is ClCC=Cc1c[nH]c2cc(Br)ccc12. The molecule has 1 aromatic carbocycles. The predicted molar refractivity (Wildman–Crippen MR) is 65.8 cm³/mol. The van der Waals surface area contributed by atoms with Gasteiger partial charge in [0.1, 0.15) is 0 Å². The van der Waals surface area contributed by atoms with Gasteiger partial charge in [0.05, 0.1) is 0 Å². The summed E-state index contributed by atoms with van der Waals surface area (Å²) in [6, 6.07) is 6.19. The molecule has 0 spiro atoms. The number of alkyl halides is 1. The van der Waals surface area contributed by atoms with Crippen LogP contribution in [-0.4, -0.2) is 10.9 Å². The van der Waals surface area contributed by atoms with Crippen LogP contribution in [-0.2, 0) is 0 Å². The van der Waals surface area contributed by atoms with Crippen LogP contribution in [0.4, 0.5) is 0 Å². The van der Waals surface area contributed by atoms with Crippen molar-refractivity contribution < 1.29 is 0 Å². The van der Waals surface area contributed by atoms with E-state index in [1.165, 1.54) is 10.9 Å². The highest BCUT2D eigenvalue weighted by atomic mass is 79.9. The quantitative estimate of drug-likeness (QED) is 0.788. The van der Waals surface area contributed by atoms with E-state index in [0.717, 1.165) is 9.99 Å². The number of rotatable bonds is 2. The number of aromatic amines is 1. The molecular weight excluding hydrogens is 261 g/mol. The first-order chi connectivity index (χ1) is 6.81. The minimum atomic E-state index is 0.545. The summed E-state index contributed by atoms with van der Waals surface area (Å²) < 4.78 is 1.08. The minimum Gasteiger partial charge on any atom is -0.361 e. The minimum absolute atomic E-state index is 0.545. The topological polar surface area (TPSA) is 15.8 Å². The molecule has 0 saturated carbocycles. The maximum atomic E-state index is 5.59. The van der Waals surface area contributed by atoms with Gasteiger partial charge >= 0.3 is 0 Å². The van der Waals surface area contributed by atoms with Crippen LogP contribution in [0.2, 0.25) is 0 Å². The number of nitrogens with one attached hydrogen (secondary N) is 1. The van der Waals surface area contributed by atoms with E-state index in [2.05, 4.69) is 33.0 Å². The molecule has 0 bridgehead atoms. The van der Waals surface area contributed by atoms with E-state index in [9.17, 15) is 0 Å². The number of hydrogen-bond acceptors (Lipinski definition) is 0. The van der Waals surface area contributed by atoms with E-state index in [1.807, 2.05) is 24.4 Å². The van der Waals surface area contributed by atoms with Crippen molar-refractivity contribution in [2.75, 3.05) is 5.88 Å². The fraction of sp³-hybridized carbons (Fsp3) is 0.0909. The Bertz CT molecular complexity index is 473. The van der Waals surface area contributed by atoms with Gasteiger partial charge in [0, 0.05) is 27.5 Å². The van der Waals surface area contributed by atoms with Gasteiger partial charge in [-0.15, -0.1) is 11.6 Å². The Morgan fingerprint density at radius 2 is 2.29 bits per heavy atom. The van der Waals surface area contributed by atoms with E-state index in [4.69, 9.17) is 11.6 Å². The second-order valence-electron chi connectivity index (χ2n) is 2.99. The van der Waals surface area contributed by atoms with Crippen molar-refractivity contribution in [1.82, 2.24) is 4.98 Å². The van der Waals surface area contributed by atoms with Crippen LogP contribution in [0.1, 0.15) is 5.56 Å². The van der Waals surface area contributed by atoms with Gasteiger partial charge in [-0.05, 0) is 17.7 Å². The fourth-order valence-corrected chi connectivity index (χ4v) is 1.88. The van der Waals surface area contributed by atoms with Gasteiger partial charge in [-0.3, -0.25) is 0 Å². The molecule has 3 heteroatoms. The number of aromatic nitrogens is 1. The molecule has 0 amide bonds. The maximum Gasteiger partial charge on any atom is 0.0471 e. The van der Waals surface area contributed by atoms with Gasteiger partial charge in [-0.2, -0.15) is 0 Å². The molecule has 0 radical (unpaired) electrons. The first-order valence-electron chi connectivity index (χ1n) is 4.30. The molecule has 0 fully saturated rings. The Balaban J connectivity index is 2.53. The second kappa shape index (κ2) is 4.20. The monoisotopic (exact) mass is 269 g/mol. The van der Waals surface area contributed by atoms with Crippen molar-refractivity contribution in [3.8, 4) is 0 Å². The lowest BCUT2D eigenvalue weighted by Crippen LogP contribution is -1.70. The third-order valence-corrected chi connectivity index (χ3v) is 2.73. The highest BCUT2D eigenvalue weighted by Crippen LogP contribution is 2.23. The molecule has 72 valence electrons. The van der Waals surface area contributed by atoms with Crippen LogP contribution >= 0.6 is 27.5 Å². The van der Waals surface area contributed by atoms with Crippen molar-refractivity contribution in [3.63, 3.8) is 0 Å². The Morgan fingerprint density at radius 1 is 1.43 bits per heavy atom. The van der Waals surface area contributed by atoms with Crippen LogP contribution in [0.5, 0.6) is 0 Å². The number of allylic oxidation sites excluding steroid dienone is 1. The molecule has 1 heterocycles. The number of halogens is 2. The van der Waals surface area contributed by atoms with Gasteiger partial charge in [0.25, 0.3) is 0 Å². The molecule has 0 aliphatic carbocycles. The van der Waals surface area contributed by atoms with Crippen molar-refractivity contribution >= 4 is 44.5 Å². The van der Waals surface area contributed by atoms with Crippen molar-refractivity contribution in [3.05, 3.63) is 40.5 Å². The van der Waals surface area contributed by atoms with Crippen LogP contribution in [0.15, 0.2) is 34.9 Å². The third kappa shape index (κ3) is 1.86. The molecule has 0 saturated heterocycles. The van der Waals surface area contributed by atoms with E-state index in [0.29, 0.717) is 5.88 Å². The summed E-state index contributed by atoms with van der Waals surface area (Å²) in [6.45, 7) is 0. The average Bonchev–Trinajstić information content (AvgIpc) is 2.57. The molecule has 0 aliphatic rings. The van der Waals surface area contributed by atoms with Gasteiger partial charge < -0.3 is 4.98 Å². The summed E-state index contributed by atoms with van der Waals surface area (Å²) >= 11 is 9.03. The molecular formula is C11H9BrClN. The van der Waals surface area contributed by atoms with E-state index in [-0.39, 0.29) is 0 Å². The highest BCUT2D eigenvalue weighted by Gasteiger charge is 2.00. The standard InChI is InChI=1S/C11H9BrClN/c12-9-3-4-10-8(2-1-5-13)7-14-11(10)6-9/h1-4,6-7,14H,5H2.